The summed E-state index contributed by atoms with van der Waals surface area (Å²) in [6, 6.07) is 18.0. The van der Waals surface area contributed by atoms with E-state index in [0.29, 0.717) is 6.54 Å². The maximum absolute atomic E-state index is 12.9. The van der Waals surface area contributed by atoms with Crippen molar-refractivity contribution < 1.29 is 4.79 Å². The SMILES string of the molecule is CCN1C(=O)/C(=C2\Sc3ccccc3N2C)SC1=Nc1ccccc1. The Hall–Kier alpha value is -2.18. The van der Waals surface area contributed by atoms with E-state index in [-0.39, 0.29) is 5.91 Å². The molecule has 25 heavy (non-hydrogen) atoms. The maximum atomic E-state index is 12.9. The Kier molecular flexibility index (Phi) is 4.31. The van der Waals surface area contributed by atoms with Gasteiger partial charge in [-0.1, -0.05) is 42.1 Å². The lowest BCUT2D eigenvalue weighted by Crippen LogP contribution is -2.29. The second-order valence-corrected chi connectivity index (χ2v) is 7.65. The summed E-state index contributed by atoms with van der Waals surface area (Å²) in [6.45, 7) is 2.59. The molecule has 0 N–H and O–H groups in total. The summed E-state index contributed by atoms with van der Waals surface area (Å²) in [5.41, 5.74) is 2.00. The molecular weight excluding hydrogens is 350 g/mol. The molecule has 0 spiro atoms. The molecule has 2 aromatic rings. The summed E-state index contributed by atoms with van der Waals surface area (Å²) in [5, 5.41) is 1.72. The summed E-state index contributed by atoms with van der Waals surface area (Å²) >= 11 is 3.11. The van der Waals surface area contributed by atoms with E-state index in [0.717, 1.165) is 26.5 Å². The number of fused-ring (bicyclic) bond motifs is 1. The van der Waals surface area contributed by atoms with E-state index in [9.17, 15) is 4.79 Å². The van der Waals surface area contributed by atoms with Crippen LogP contribution >= 0.6 is 23.5 Å². The number of amidine groups is 1. The Labute approximate surface area is 155 Å². The molecule has 1 amide bonds. The normalized spacial score (nSPS) is 21.4. The van der Waals surface area contributed by atoms with Gasteiger partial charge in [0.05, 0.1) is 16.4 Å². The van der Waals surface area contributed by atoms with Gasteiger partial charge in [-0.05, 0) is 43.0 Å². The van der Waals surface area contributed by atoms with Crippen LogP contribution in [0.25, 0.3) is 0 Å². The fourth-order valence-electron chi connectivity index (χ4n) is 2.81. The van der Waals surface area contributed by atoms with Crippen molar-refractivity contribution >= 4 is 46.0 Å². The maximum Gasteiger partial charge on any atom is 0.269 e. The largest absolute Gasteiger partial charge is 0.337 e. The number of hydrogen-bond acceptors (Lipinski definition) is 5. The molecule has 2 aromatic carbocycles. The third-order valence-electron chi connectivity index (χ3n) is 4.09. The van der Waals surface area contributed by atoms with Crippen LogP contribution in [0.2, 0.25) is 0 Å². The van der Waals surface area contributed by atoms with E-state index in [1.54, 1.807) is 16.7 Å². The first kappa shape index (κ1) is 16.3. The topological polar surface area (TPSA) is 35.9 Å². The van der Waals surface area contributed by atoms with E-state index in [2.05, 4.69) is 22.0 Å². The Morgan fingerprint density at radius 2 is 1.72 bits per heavy atom. The van der Waals surface area contributed by atoms with Gasteiger partial charge in [-0.2, -0.15) is 0 Å². The minimum absolute atomic E-state index is 0.0318. The fourth-order valence-corrected chi connectivity index (χ4v) is 5.22. The molecule has 6 heteroatoms. The van der Waals surface area contributed by atoms with Crippen LogP contribution in [0.3, 0.4) is 0 Å². The summed E-state index contributed by atoms with van der Waals surface area (Å²) in [5.74, 6) is 0.0318. The zero-order valence-electron chi connectivity index (χ0n) is 14.0. The number of benzene rings is 2. The molecule has 1 fully saturated rings. The van der Waals surface area contributed by atoms with Crippen LogP contribution in [0.4, 0.5) is 11.4 Å². The fraction of sp³-hybridized carbons (Fsp3) is 0.158. The number of anilines is 1. The Morgan fingerprint density at radius 3 is 2.44 bits per heavy atom. The van der Waals surface area contributed by atoms with Gasteiger partial charge in [0, 0.05) is 18.5 Å². The standard InChI is InChI=1S/C19H17N3OS2/c1-3-22-17(23)16(25-19(22)20-13-9-5-4-6-10-13)18-21(2)14-11-7-8-12-15(14)24-18/h4-12H,3H2,1-2H3/b18-16+,20-19?. The van der Waals surface area contributed by atoms with Gasteiger partial charge in [-0.3, -0.25) is 9.69 Å². The molecule has 0 bridgehead atoms. The molecular formula is C19H17N3OS2. The number of hydrogen-bond donors (Lipinski definition) is 0. The van der Waals surface area contributed by atoms with E-state index >= 15 is 0 Å². The van der Waals surface area contributed by atoms with Gasteiger partial charge in [0.25, 0.3) is 5.91 Å². The van der Waals surface area contributed by atoms with Gasteiger partial charge in [-0.15, -0.1) is 0 Å². The Balaban J connectivity index is 1.73. The van der Waals surface area contributed by atoms with E-state index in [1.165, 1.54) is 16.7 Å². The van der Waals surface area contributed by atoms with Gasteiger partial charge in [0.15, 0.2) is 5.17 Å². The highest BCUT2D eigenvalue weighted by Gasteiger charge is 2.38. The molecule has 0 aromatic heterocycles. The summed E-state index contributed by atoms with van der Waals surface area (Å²) in [7, 11) is 2.01. The molecule has 2 aliphatic heterocycles. The molecule has 2 heterocycles. The number of nitrogens with zero attached hydrogens (tertiary/aromatic N) is 3. The number of para-hydroxylation sites is 2. The minimum Gasteiger partial charge on any atom is -0.337 e. The number of aliphatic imine (C=N–C) groups is 1. The molecule has 0 radical (unpaired) electrons. The molecule has 126 valence electrons. The second kappa shape index (κ2) is 6.61. The van der Waals surface area contributed by atoms with Gasteiger partial charge >= 0.3 is 0 Å². The average Bonchev–Trinajstić information content (AvgIpc) is 3.13. The van der Waals surface area contributed by atoms with Crippen molar-refractivity contribution in [2.75, 3.05) is 18.5 Å². The lowest BCUT2D eigenvalue weighted by Gasteiger charge is -2.15. The first-order valence-corrected chi connectivity index (χ1v) is 9.70. The summed E-state index contributed by atoms with van der Waals surface area (Å²) in [6.07, 6.45) is 0. The molecule has 2 aliphatic rings. The van der Waals surface area contributed by atoms with Crippen molar-refractivity contribution in [2.45, 2.75) is 11.8 Å². The zero-order chi connectivity index (χ0) is 17.4. The van der Waals surface area contributed by atoms with Crippen molar-refractivity contribution in [3.05, 3.63) is 64.5 Å². The number of likely N-dealkylation sites (N-methyl/N-ethyl adjacent to an activating group) is 1. The monoisotopic (exact) mass is 367 g/mol. The van der Waals surface area contributed by atoms with Crippen molar-refractivity contribution in [3.63, 3.8) is 0 Å². The zero-order valence-corrected chi connectivity index (χ0v) is 15.6. The van der Waals surface area contributed by atoms with E-state index in [1.807, 2.05) is 56.4 Å². The Morgan fingerprint density at radius 1 is 1.00 bits per heavy atom. The highest BCUT2D eigenvalue weighted by atomic mass is 32.2. The highest BCUT2D eigenvalue weighted by Crippen LogP contribution is 2.49. The van der Waals surface area contributed by atoms with Gasteiger partial charge in [-0.25, -0.2) is 4.99 Å². The summed E-state index contributed by atoms with van der Waals surface area (Å²) < 4.78 is 0. The minimum atomic E-state index is 0.0318. The van der Waals surface area contributed by atoms with Crippen LogP contribution in [-0.2, 0) is 4.79 Å². The van der Waals surface area contributed by atoms with Gasteiger partial charge in [0.2, 0.25) is 0 Å². The molecule has 0 atom stereocenters. The number of thioether (sulfide) groups is 2. The van der Waals surface area contributed by atoms with E-state index < -0.39 is 0 Å². The molecule has 4 rings (SSSR count). The quantitative estimate of drug-likeness (QED) is 0.722. The summed E-state index contributed by atoms with van der Waals surface area (Å²) in [4.78, 5) is 23.4. The molecule has 1 saturated heterocycles. The predicted molar refractivity (Wildman–Crippen MR) is 106 cm³/mol. The van der Waals surface area contributed by atoms with Crippen molar-refractivity contribution in [1.82, 2.24) is 4.90 Å². The lowest BCUT2D eigenvalue weighted by atomic mass is 10.3. The average molecular weight is 367 g/mol. The van der Waals surface area contributed by atoms with Gasteiger partial charge < -0.3 is 4.90 Å². The first-order valence-electron chi connectivity index (χ1n) is 8.07. The second-order valence-electron chi connectivity index (χ2n) is 5.64. The third-order valence-corrected chi connectivity index (χ3v) is 6.52. The van der Waals surface area contributed by atoms with Crippen LogP contribution < -0.4 is 4.90 Å². The van der Waals surface area contributed by atoms with Crippen LogP contribution in [0.15, 0.2) is 74.4 Å². The van der Waals surface area contributed by atoms with Crippen molar-refractivity contribution in [2.24, 2.45) is 4.99 Å². The van der Waals surface area contributed by atoms with Crippen molar-refractivity contribution in [1.29, 1.82) is 0 Å². The van der Waals surface area contributed by atoms with E-state index in [4.69, 9.17) is 0 Å². The number of rotatable bonds is 2. The van der Waals surface area contributed by atoms with Crippen LogP contribution in [0.1, 0.15) is 6.92 Å². The van der Waals surface area contributed by atoms with Crippen LogP contribution in [0, 0.1) is 0 Å². The van der Waals surface area contributed by atoms with Crippen LogP contribution in [-0.4, -0.2) is 29.6 Å². The Bertz CT molecular complexity index is 893. The van der Waals surface area contributed by atoms with Crippen LogP contribution in [0.5, 0.6) is 0 Å². The number of amides is 1. The smallest absolute Gasteiger partial charge is 0.269 e. The molecule has 0 unspecified atom stereocenters. The van der Waals surface area contributed by atoms with Crippen molar-refractivity contribution in [3.8, 4) is 0 Å². The van der Waals surface area contributed by atoms with Gasteiger partial charge in [0.1, 0.15) is 4.91 Å². The highest BCUT2D eigenvalue weighted by molar-refractivity contribution is 8.19. The molecule has 0 aliphatic carbocycles. The number of carbonyl (C=O) groups excluding carboxylic acids is 1. The first-order chi connectivity index (χ1) is 12.2. The number of carbonyl (C=O) groups is 1. The molecule has 4 nitrogen and oxygen atoms in total. The molecule has 0 saturated carbocycles. The third kappa shape index (κ3) is 2.85. The lowest BCUT2D eigenvalue weighted by molar-refractivity contribution is -0.122. The predicted octanol–water partition coefficient (Wildman–Crippen LogP) is 4.68.